The van der Waals surface area contributed by atoms with Crippen LogP contribution in [0.25, 0.3) is 11.1 Å². The second-order valence-electron chi connectivity index (χ2n) is 3.51. The van der Waals surface area contributed by atoms with Gasteiger partial charge in [-0.25, -0.2) is 0 Å². The summed E-state index contributed by atoms with van der Waals surface area (Å²) >= 11 is 0. The van der Waals surface area contributed by atoms with Crippen LogP contribution < -0.4 is 0 Å². The van der Waals surface area contributed by atoms with Crippen LogP contribution in [0, 0.1) is 23.1 Å². The molecule has 2 rings (SSSR count). The van der Waals surface area contributed by atoms with Crippen LogP contribution in [0.2, 0.25) is 0 Å². The van der Waals surface area contributed by atoms with Crippen molar-refractivity contribution in [2.24, 2.45) is 0 Å². The van der Waals surface area contributed by atoms with Crippen molar-refractivity contribution in [1.29, 1.82) is 0 Å². The van der Waals surface area contributed by atoms with Crippen LogP contribution in [-0.2, 0) is 0 Å². The van der Waals surface area contributed by atoms with Gasteiger partial charge in [0.15, 0.2) is 0 Å². The van der Waals surface area contributed by atoms with Crippen molar-refractivity contribution in [2.45, 2.75) is 6.92 Å². The van der Waals surface area contributed by atoms with Crippen LogP contribution in [0.15, 0.2) is 42.5 Å². The van der Waals surface area contributed by atoms with Crippen LogP contribution in [-0.4, -0.2) is 4.92 Å². The minimum Gasteiger partial charge on any atom is -0.258 e. The zero-order chi connectivity index (χ0) is 11.5. The predicted molar refractivity (Wildman–Crippen MR) is 62.1 cm³/mol. The molecule has 0 spiro atoms. The van der Waals surface area contributed by atoms with Crippen molar-refractivity contribution in [1.82, 2.24) is 0 Å². The predicted octanol–water partition coefficient (Wildman–Crippen LogP) is 3.37. The van der Waals surface area contributed by atoms with Gasteiger partial charge in [0.1, 0.15) is 0 Å². The second kappa shape index (κ2) is 4.14. The quantitative estimate of drug-likeness (QED) is 0.565. The molecular formula is C13H10NO2. The molecule has 16 heavy (non-hydrogen) atoms. The number of nitro benzene ring substituents is 1. The first-order valence-electron chi connectivity index (χ1n) is 4.91. The molecule has 0 aliphatic rings. The summed E-state index contributed by atoms with van der Waals surface area (Å²) in [5.41, 5.74) is 2.42. The average molecular weight is 212 g/mol. The number of nitrogens with zero attached hydrogens (tertiary/aromatic N) is 1. The van der Waals surface area contributed by atoms with Gasteiger partial charge in [-0.15, -0.1) is 0 Å². The van der Waals surface area contributed by atoms with Gasteiger partial charge in [-0.3, -0.25) is 10.1 Å². The van der Waals surface area contributed by atoms with E-state index >= 15 is 0 Å². The molecule has 0 atom stereocenters. The molecule has 2 aromatic carbocycles. The highest BCUT2D eigenvalue weighted by Gasteiger charge is 2.16. The molecule has 1 radical (unpaired) electrons. The van der Waals surface area contributed by atoms with Crippen LogP contribution in [0.5, 0.6) is 0 Å². The third-order valence-corrected chi connectivity index (χ3v) is 2.43. The van der Waals surface area contributed by atoms with E-state index in [1.807, 2.05) is 43.3 Å². The fourth-order valence-corrected chi connectivity index (χ4v) is 1.70. The Balaban J connectivity index is 2.68. The molecule has 3 heteroatoms. The molecule has 0 aliphatic carbocycles. The van der Waals surface area contributed by atoms with Gasteiger partial charge in [-0.2, -0.15) is 0 Å². The average Bonchev–Trinajstić information content (AvgIpc) is 2.29. The fourth-order valence-electron chi connectivity index (χ4n) is 1.70. The van der Waals surface area contributed by atoms with E-state index in [0.717, 1.165) is 11.1 Å². The van der Waals surface area contributed by atoms with Crippen LogP contribution in [0.3, 0.4) is 0 Å². The summed E-state index contributed by atoms with van der Waals surface area (Å²) in [6, 6.07) is 15.4. The van der Waals surface area contributed by atoms with Crippen molar-refractivity contribution in [3.63, 3.8) is 0 Å². The summed E-state index contributed by atoms with van der Waals surface area (Å²) in [7, 11) is 0. The van der Waals surface area contributed by atoms with Crippen LogP contribution >= 0.6 is 0 Å². The van der Waals surface area contributed by atoms with Gasteiger partial charge in [0.2, 0.25) is 0 Å². The summed E-state index contributed by atoms with van der Waals surface area (Å²) in [4.78, 5) is 10.5. The lowest BCUT2D eigenvalue weighted by atomic mass is 9.99. The minimum absolute atomic E-state index is 0.0335. The molecule has 0 fully saturated rings. The lowest BCUT2D eigenvalue weighted by molar-refractivity contribution is -0.384. The summed E-state index contributed by atoms with van der Waals surface area (Å²) in [5, 5.41) is 10.9. The first-order valence-corrected chi connectivity index (χ1v) is 4.91. The van der Waals surface area contributed by atoms with Gasteiger partial charge in [-0.05, 0) is 24.1 Å². The highest BCUT2D eigenvalue weighted by atomic mass is 16.6. The largest absolute Gasteiger partial charge is 0.285 e. The highest BCUT2D eigenvalue weighted by molar-refractivity contribution is 5.76. The lowest BCUT2D eigenvalue weighted by Crippen LogP contribution is -1.94. The number of aryl methyl sites for hydroxylation is 1. The first kappa shape index (κ1) is 10.4. The topological polar surface area (TPSA) is 43.1 Å². The molecule has 0 unspecified atom stereocenters. The van der Waals surface area contributed by atoms with E-state index in [9.17, 15) is 10.1 Å². The fraction of sp³-hybridized carbons (Fsp3) is 0.0769. The Labute approximate surface area is 93.5 Å². The molecule has 0 aromatic heterocycles. The maximum atomic E-state index is 10.9. The van der Waals surface area contributed by atoms with Crippen molar-refractivity contribution in [3.05, 3.63) is 64.2 Å². The van der Waals surface area contributed by atoms with E-state index in [0.29, 0.717) is 5.56 Å². The Morgan fingerprint density at radius 1 is 1.19 bits per heavy atom. The Morgan fingerprint density at radius 3 is 2.50 bits per heavy atom. The first-order chi connectivity index (χ1) is 7.70. The van der Waals surface area contributed by atoms with Gasteiger partial charge >= 0.3 is 0 Å². The molecule has 0 saturated heterocycles. The third kappa shape index (κ3) is 1.80. The summed E-state index contributed by atoms with van der Waals surface area (Å²) in [6.45, 7) is 1.86. The summed E-state index contributed by atoms with van der Waals surface area (Å²) < 4.78 is 0. The molecule has 0 amide bonds. The monoisotopic (exact) mass is 212 g/mol. The Hall–Kier alpha value is -2.16. The SMILES string of the molecule is Cc1cc[c]c([N+](=O)[O-])c1-c1ccccc1. The van der Waals surface area contributed by atoms with Crippen LogP contribution in [0.1, 0.15) is 5.56 Å². The molecule has 0 aliphatic heterocycles. The van der Waals surface area contributed by atoms with Gasteiger partial charge < -0.3 is 0 Å². The summed E-state index contributed by atoms with van der Waals surface area (Å²) in [5.74, 6) is 0. The Morgan fingerprint density at radius 2 is 1.88 bits per heavy atom. The van der Waals surface area contributed by atoms with Crippen molar-refractivity contribution < 1.29 is 4.92 Å². The molecular weight excluding hydrogens is 202 g/mol. The Kier molecular flexibility index (Phi) is 2.68. The minimum atomic E-state index is -0.394. The molecule has 0 heterocycles. The van der Waals surface area contributed by atoms with Gasteiger partial charge in [0.05, 0.1) is 16.6 Å². The lowest BCUT2D eigenvalue weighted by Gasteiger charge is -2.05. The maximum Gasteiger partial charge on any atom is 0.285 e. The number of benzene rings is 2. The number of rotatable bonds is 2. The van der Waals surface area contributed by atoms with Gasteiger partial charge in [0.25, 0.3) is 5.69 Å². The molecule has 0 N–H and O–H groups in total. The number of hydrogen-bond acceptors (Lipinski definition) is 2. The number of nitro groups is 1. The molecule has 0 saturated carbocycles. The second-order valence-corrected chi connectivity index (χ2v) is 3.51. The highest BCUT2D eigenvalue weighted by Crippen LogP contribution is 2.31. The third-order valence-electron chi connectivity index (χ3n) is 2.43. The normalized spacial score (nSPS) is 10.1. The molecule has 0 bridgehead atoms. The Bertz CT molecular complexity index is 521. The van der Waals surface area contributed by atoms with Gasteiger partial charge in [-0.1, -0.05) is 36.4 Å². The van der Waals surface area contributed by atoms with Crippen molar-refractivity contribution in [2.75, 3.05) is 0 Å². The van der Waals surface area contributed by atoms with E-state index in [-0.39, 0.29) is 5.69 Å². The van der Waals surface area contributed by atoms with Crippen molar-refractivity contribution >= 4 is 5.69 Å². The van der Waals surface area contributed by atoms with E-state index < -0.39 is 4.92 Å². The molecule has 79 valence electrons. The summed E-state index contributed by atoms with van der Waals surface area (Å²) in [6.07, 6.45) is 0. The van der Waals surface area contributed by atoms with E-state index in [2.05, 4.69) is 6.07 Å². The van der Waals surface area contributed by atoms with E-state index in [1.165, 1.54) is 0 Å². The molecule has 2 aromatic rings. The van der Waals surface area contributed by atoms with Crippen molar-refractivity contribution in [3.8, 4) is 11.1 Å². The smallest absolute Gasteiger partial charge is 0.258 e. The van der Waals surface area contributed by atoms with E-state index in [1.54, 1.807) is 6.07 Å². The standard InChI is InChI=1S/C13H10NO2/c1-10-6-5-9-12(14(15)16)13(10)11-7-3-2-4-8-11/h2-8H,1H3. The zero-order valence-electron chi connectivity index (χ0n) is 8.81. The maximum absolute atomic E-state index is 10.9. The van der Waals surface area contributed by atoms with Crippen LogP contribution in [0.4, 0.5) is 5.69 Å². The van der Waals surface area contributed by atoms with E-state index in [4.69, 9.17) is 0 Å². The van der Waals surface area contributed by atoms with Gasteiger partial charge in [0, 0.05) is 0 Å². The molecule has 3 nitrogen and oxygen atoms in total. The number of hydrogen-bond donors (Lipinski definition) is 0. The zero-order valence-corrected chi connectivity index (χ0v) is 8.81.